The number of rotatable bonds is 9. The fourth-order valence-electron chi connectivity index (χ4n) is 3.72. The lowest BCUT2D eigenvalue weighted by Crippen LogP contribution is -2.42. The van der Waals surface area contributed by atoms with Gasteiger partial charge in [-0.25, -0.2) is 4.68 Å². The van der Waals surface area contributed by atoms with Crippen LogP contribution in [0.25, 0.3) is 0 Å². The van der Waals surface area contributed by atoms with Gasteiger partial charge < -0.3 is 25.5 Å². The van der Waals surface area contributed by atoms with E-state index in [1.54, 1.807) is 18.1 Å². The molecule has 1 aromatic heterocycles. The number of nitrogens with two attached hydrogens (primary N) is 1. The number of nitrogens with one attached hydrogen (secondary N) is 1. The molecule has 10 nitrogen and oxygen atoms in total. The zero-order valence-corrected chi connectivity index (χ0v) is 20.2. The molecule has 0 saturated carbocycles. The molecule has 35 heavy (non-hydrogen) atoms. The van der Waals surface area contributed by atoms with E-state index < -0.39 is 0 Å². The van der Waals surface area contributed by atoms with Crippen molar-refractivity contribution < 1.29 is 19.1 Å². The number of nitrogen functional groups attached to an aromatic ring is 1. The van der Waals surface area contributed by atoms with Crippen LogP contribution in [0, 0.1) is 5.92 Å². The normalized spacial score (nSPS) is 13.9. The Hall–Kier alpha value is -3.73. The number of likely N-dealkylation sites (tertiary alicyclic amines) is 1. The van der Waals surface area contributed by atoms with Crippen molar-refractivity contribution in [2.75, 3.05) is 37.1 Å². The summed E-state index contributed by atoms with van der Waals surface area (Å²) in [4.78, 5) is 27.0. The molecule has 1 aliphatic rings. The summed E-state index contributed by atoms with van der Waals surface area (Å²) >= 11 is 1.22. The van der Waals surface area contributed by atoms with E-state index in [1.165, 1.54) is 16.4 Å². The van der Waals surface area contributed by atoms with Crippen molar-refractivity contribution in [2.45, 2.75) is 24.6 Å². The lowest BCUT2D eigenvalue weighted by molar-refractivity contribution is -0.132. The largest absolute Gasteiger partial charge is 0.497 e. The van der Waals surface area contributed by atoms with Gasteiger partial charge in [0.25, 0.3) is 0 Å². The smallest absolute Gasteiger partial charge is 0.233 e. The van der Waals surface area contributed by atoms with Crippen molar-refractivity contribution in [3.05, 3.63) is 60.4 Å². The summed E-state index contributed by atoms with van der Waals surface area (Å²) in [6.45, 7) is 1.21. The number of anilines is 1. The highest BCUT2D eigenvalue weighted by atomic mass is 32.2. The highest BCUT2D eigenvalue weighted by Gasteiger charge is 2.27. The maximum Gasteiger partial charge on any atom is 0.233 e. The number of aromatic nitrogens is 3. The monoisotopic (exact) mass is 496 g/mol. The Morgan fingerprint density at radius 1 is 1.09 bits per heavy atom. The Morgan fingerprint density at radius 3 is 2.57 bits per heavy atom. The molecule has 1 saturated heterocycles. The minimum Gasteiger partial charge on any atom is -0.497 e. The lowest BCUT2D eigenvalue weighted by atomic mass is 9.96. The predicted octanol–water partition coefficient (Wildman–Crippen LogP) is 2.55. The van der Waals surface area contributed by atoms with Crippen molar-refractivity contribution >= 4 is 29.3 Å². The molecule has 11 heteroatoms. The molecule has 1 fully saturated rings. The first kappa shape index (κ1) is 24.4. The van der Waals surface area contributed by atoms with Crippen LogP contribution in [0.4, 0.5) is 5.69 Å². The minimum absolute atomic E-state index is 0.00222. The van der Waals surface area contributed by atoms with Crippen LogP contribution in [0.3, 0.4) is 0 Å². The molecule has 0 radical (unpaired) electrons. The van der Waals surface area contributed by atoms with Gasteiger partial charge in [0, 0.05) is 30.8 Å². The first-order valence-corrected chi connectivity index (χ1v) is 12.2. The van der Waals surface area contributed by atoms with Crippen LogP contribution in [0.5, 0.6) is 11.5 Å². The summed E-state index contributed by atoms with van der Waals surface area (Å²) in [5.74, 6) is 7.91. The van der Waals surface area contributed by atoms with Crippen molar-refractivity contribution in [1.82, 2.24) is 19.8 Å². The molecular formula is C24H28N6O4S. The summed E-state index contributed by atoms with van der Waals surface area (Å²) in [5.41, 5.74) is 0.784. The molecule has 3 N–H and O–H groups in total. The summed E-state index contributed by atoms with van der Waals surface area (Å²) in [6.07, 6.45) is 1.27. The molecule has 0 aliphatic carbocycles. The van der Waals surface area contributed by atoms with E-state index in [0.717, 1.165) is 5.69 Å². The van der Waals surface area contributed by atoms with Gasteiger partial charge in [-0.05, 0) is 37.1 Å². The molecule has 4 rings (SSSR count). The quantitative estimate of drug-likeness (QED) is 0.342. The van der Waals surface area contributed by atoms with Crippen LogP contribution >= 0.6 is 11.8 Å². The lowest BCUT2D eigenvalue weighted by Gasteiger charge is -2.31. The highest BCUT2D eigenvalue weighted by molar-refractivity contribution is 7.99. The number of ether oxygens (including phenoxy) is 2. The Kier molecular flexibility index (Phi) is 8.09. The summed E-state index contributed by atoms with van der Waals surface area (Å²) in [7, 11) is 1.59. The van der Waals surface area contributed by atoms with E-state index in [9.17, 15) is 9.59 Å². The maximum absolute atomic E-state index is 12.7. The second-order valence-electron chi connectivity index (χ2n) is 8.04. The summed E-state index contributed by atoms with van der Waals surface area (Å²) in [6, 6.07) is 16.6. The number of methoxy groups -OCH3 is 1. The van der Waals surface area contributed by atoms with Gasteiger partial charge in [-0.1, -0.05) is 36.0 Å². The van der Waals surface area contributed by atoms with Crippen LogP contribution in [-0.4, -0.2) is 57.5 Å². The van der Waals surface area contributed by atoms with Gasteiger partial charge in [0.2, 0.25) is 17.0 Å². The zero-order valence-electron chi connectivity index (χ0n) is 19.4. The van der Waals surface area contributed by atoms with E-state index in [1.807, 2.05) is 48.5 Å². The van der Waals surface area contributed by atoms with Crippen LogP contribution in [0.2, 0.25) is 0 Å². The molecular weight excluding hydrogens is 468 g/mol. The van der Waals surface area contributed by atoms with Crippen LogP contribution in [0.1, 0.15) is 18.7 Å². The number of para-hydroxylation sites is 1. The molecule has 184 valence electrons. The molecule has 0 bridgehead atoms. The van der Waals surface area contributed by atoms with Crippen LogP contribution < -0.4 is 20.6 Å². The van der Waals surface area contributed by atoms with Crippen molar-refractivity contribution in [3.8, 4) is 11.5 Å². The van der Waals surface area contributed by atoms with Gasteiger partial charge in [-0.2, -0.15) is 0 Å². The molecule has 2 aromatic carbocycles. The standard InChI is InChI=1S/C24H28N6O4S/c1-33-19-8-5-9-20(14-19)34-15-21-27-28-24(30(21)25)35-16-22(31)29-12-10-17(11-13-29)23(32)26-18-6-3-2-4-7-18/h2-9,14,17H,10-13,15-16,25H2,1H3,(H,26,32). The first-order valence-electron chi connectivity index (χ1n) is 11.3. The maximum atomic E-state index is 12.7. The Bertz CT molecular complexity index is 1150. The van der Waals surface area contributed by atoms with E-state index >= 15 is 0 Å². The molecule has 3 aromatic rings. The number of carbonyl (C=O) groups is 2. The van der Waals surface area contributed by atoms with Gasteiger partial charge in [0.05, 0.1) is 12.9 Å². The fourth-order valence-corrected chi connectivity index (χ4v) is 4.50. The molecule has 0 atom stereocenters. The van der Waals surface area contributed by atoms with Gasteiger partial charge in [-0.3, -0.25) is 9.59 Å². The average Bonchev–Trinajstić information content (AvgIpc) is 3.25. The third kappa shape index (κ3) is 6.44. The minimum atomic E-state index is -0.105. The number of benzene rings is 2. The van der Waals surface area contributed by atoms with Crippen LogP contribution in [0.15, 0.2) is 59.8 Å². The van der Waals surface area contributed by atoms with Gasteiger partial charge in [0.15, 0.2) is 5.82 Å². The second kappa shape index (κ2) is 11.6. The van der Waals surface area contributed by atoms with Crippen molar-refractivity contribution in [1.29, 1.82) is 0 Å². The van der Waals surface area contributed by atoms with E-state index in [4.69, 9.17) is 15.3 Å². The summed E-state index contributed by atoms with van der Waals surface area (Å²) < 4.78 is 12.2. The Balaban J connectivity index is 1.22. The predicted molar refractivity (Wildman–Crippen MR) is 133 cm³/mol. The molecule has 2 amide bonds. The Labute approximate surface area is 207 Å². The van der Waals surface area contributed by atoms with E-state index in [0.29, 0.717) is 48.4 Å². The SMILES string of the molecule is COc1cccc(OCc2nnc(SCC(=O)N3CCC(C(=O)Nc4ccccc4)CC3)n2N)c1. The molecule has 1 aliphatic heterocycles. The van der Waals surface area contributed by atoms with Gasteiger partial charge in [0.1, 0.15) is 18.1 Å². The zero-order chi connectivity index (χ0) is 24.6. The number of nitrogens with zero attached hydrogens (tertiary/aromatic N) is 4. The van der Waals surface area contributed by atoms with Gasteiger partial charge >= 0.3 is 0 Å². The van der Waals surface area contributed by atoms with Crippen molar-refractivity contribution in [2.24, 2.45) is 5.92 Å². The molecule has 2 heterocycles. The number of piperidine rings is 1. The number of hydrogen-bond donors (Lipinski definition) is 2. The van der Waals surface area contributed by atoms with Gasteiger partial charge in [-0.15, -0.1) is 10.2 Å². The Morgan fingerprint density at radius 2 is 1.83 bits per heavy atom. The number of amides is 2. The van der Waals surface area contributed by atoms with E-state index in [2.05, 4.69) is 15.5 Å². The second-order valence-corrected chi connectivity index (χ2v) is 8.98. The number of thioether (sulfide) groups is 1. The highest BCUT2D eigenvalue weighted by Crippen LogP contribution is 2.23. The van der Waals surface area contributed by atoms with E-state index in [-0.39, 0.29) is 30.1 Å². The topological polar surface area (TPSA) is 125 Å². The number of carbonyl (C=O) groups excluding carboxylic acids is 2. The molecule has 0 unspecified atom stereocenters. The fraction of sp³-hybridized carbons (Fsp3) is 0.333. The average molecular weight is 497 g/mol. The third-order valence-corrected chi connectivity index (χ3v) is 6.66. The molecule has 0 spiro atoms. The summed E-state index contributed by atoms with van der Waals surface area (Å²) in [5, 5.41) is 11.5. The third-order valence-electron chi connectivity index (χ3n) is 5.73. The first-order chi connectivity index (χ1) is 17.0. The number of hydrogen-bond acceptors (Lipinski definition) is 8. The van der Waals surface area contributed by atoms with Crippen LogP contribution in [-0.2, 0) is 16.2 Å². The van der Waals surface area contributed by atoms with Crippen molar-refractivity contribution in [3.63, 3.8) is 0 Å².